The highest BCUT2D eigenvalue weighted by atomic mass is 16.6. The lowest BCUT2D eigenvalue weighted by Crippen LogP contribution is -2.33. The number of anilines is 2. The third-order valence-electron chi connectivity index (χ3n) is 5.15. The molecule has 0 radical (unpaired) electrons. The Labute approximate surface area is 167 Å². The molecule has 3 heterocycles. The number of fused-ring (bicyclic) bond motifs is 1. The van der Waals surface area contributed by atoms with Gasteiger partial charge in [0.25, 0.3) is 0 Å². The van der Waals surface area contributed by atoms with Gasteiger partial charge < -0.3 is 31.1 Å². The van der Waals surface area contributed by atoms with E-state index in [1.165, 1.54) is 10.9 Å². The van der Waals surface area contributed by atoms with E-state index in [4.69, 9.17) is 10.5 Å². The summed E-state index contributed by atoms with van der Waals surface area (Å²) >= 11 is 0. The van der Waals surface area contributed by atoms with Crippen molar-refractivity contribution in [1.82, 2.24) is 19.5 Å². The summed E-state index contributed by atoms with van der Waals surface area (Å²) in [5.41, 5.74) is 7.89. The number of aromatic nitrogens is 4. The van der Waals surface area contributed by atoms with Gasteiger partial charge in [-0.3, -0.25) is 4.57 Å². The zero-order chi connectivity index (χ0) is 20.5. The van der Waals surface area contributed by atoms with Crippen molar-refractivity contribution in [1.29, 1.82) is 0 Å². The van der Waals surface area contributed by atoms with Gasteiger partial charge >= 0.3 is 0 Å². The molecule has 1 fully saturated rings. The Morgan fingerprint density at radius 3 is 2.62 bits per heavy atom. The molecule has 6 N–H and O–H groups in total. The zero-order valence-electron chi connectivity index (χ0n) is 15.9. The Kier molecular flexibility index (Phi) is 5.33. The van der Waals surface area contributed by atoms with E-state index in [0.717, 1.165) is 12.0 Å². The number of rotatable bonds is 6. The summed E-state index contributed by atoms with van der Waals surface area (Å²) in [5, 5.41) is 33.0. The predicted octanol–water partition coefficient (Wildman–Crippen LogP) is 0.583. The van der Waals surface area contributed by atoms with Gasteiger partial charge in [0.05, 0.1) is 19.0 Å². The number of nitrogens with one attached hydrogen (secondary N) is 1. The second-order valence-electron chi connectivity index (χ2n) is 7.00. The molecular formula is C19H24N6O4. The number of nitrogens with zero attached hydrogens (tertiary/aromatic N) is 4. The molecule has 4 rings (SSSR count). The maximum Gasteiger partial charge on any atom is 0.227 e. The number of hydrogen-bond donors (Lipinski definition) is 5. The minimum Gasteiger partial charge on any atom is -0.394 e. The Bertz CT molecular complexity index is 981. The largest absolute Gasteiger partial charge is 0.394 e. The van der Waals surface area contributed by atoms with Crippen molar-refractivity contribution in [3.63, 3.8) is 0 Å². The second kappa shape index (κ2) is 7.91. The van der Waals surface area contributed by atoms with E-state index in [9.17, 15) is 15.3 Å². The maximum atomic E-state index is 10.3. The van der Waals surface area contributed by atoms with E-state index in [1.807, 2.05) is 30.3 Å². The van der Waals surface area contributed by atoms with Gasteiger partial charge in [-0.15, -0.1) is 0 Å². The van der Waals surface area contributed by atoms with Gasteiger partial charge in [-0.05, 0) is 12.0 Å². The van der Waals surface area contributed by atoms with Crippen LogP contribution in [-0.4, -0.2) is 59.8 Å². The standard InChI is InChI=1S/C19H24N6O4/c1-2-11(10-6-4-3-5-7-10)22-19-23-16(20)13-17(24-19)25(9-21-13)18-15(28)14(27)12(8-26)29-18/h3-7,9,11-12,14-15,18,26-28H,2,8H2,1H3,(H3,20,22,23,24)/t11-,12-,14-,15-,18-/m1/s1. The SMILES string of the molecule is CC[C@@H](Nc1nc(N)c2ncn([C@@H]3O[C@H](CO)[C@@H](O)[C@H]3O)c2n1)c1ccccc1. The van der Waals surface area contributed by atoms with Crippen molar-refractivity contribution in [2.75, 3.05) is 17.7 Å². The third-order valence-corrected chi connectivity index (χ3v) is 5.15. The van der Waals surface area contributed by atoms with Crippen molar-refractivity contribution in [2.45, 2.75) is 43.9 Å². The lowest BCUT2D eigenvalue weighted by atomic mass is 10.1. The molecule has 29 heavy (non-hydrogen) atoms. The highest BCUT2D eigenvalue weighted by Crippen LogP contribution is 2.32. The quantitative estimate of drug-likeness (QED) is 0.400. The molecule has 1 aliphatic heterocycles. The molecular weight excluding hydrogens is 376 g/mol. The van der Waals surface area contributed by atoms with Crippen LogP contribution in [0, 0.1) is 0 Å². The van der Waals surface area contributed by atoms with Crippen LogP contribution in [0.1, 0.15) is 31.2 Å². The van der Waals surface area contributed by atoms with E-state index in [0.29, 0.717) is 17.1 Å². The summed E-state index contributed by atoms with van der Waals surface area (Å²) in [5.74, 6) is 0.505. The molecule has 1 aromatic carbocycles. The topological polar surface area (TPSA) is 152 Å². The number of aliphatic hydroxyl groups is 3. The maximum absolute atomic E-state index is 10.3. The summed E-state index contributed by atoms with van der Waals surface area (Å²) in [7, 11) is 0. The van der Waals surface area contributed by atoms with Crippen LogP contribution in [0.4, 0.5) is 11.8 Å². The zero-order valence-corrected chi connectivity index (χ0v) is 15.9. The Balaban J connectivity index is 1.68. The fourth-order valence-corrected chi connectivity index (χ4v) is 3.56. The van der Waals surface area contributed by atoms with Crippen molar-refractivity contribution >= 4 is 22.9 Å². The van der Waals surface area contributed by atoms with Crippen LogP contribution >= 0.6 is 0 Å². The molecule has 0 spiro atoms. The summed E-state index contributed by atoms with van der Waals surface area (Å²) in [6.45, 7) is 1.64. The van der Waals surface area contributed by atoms with E-state index in [2.05, 4.69) is 27.2 Å². The van der Waals surface area contributed by atoms with Crippen LogP contribution < -0.4 is 11.1 Å². The molecule has 10 nitrogen and oxygen atoms in total. The van der Waals surface area contributed by atoms with E-state index < -0.39 is 31.1 Å². The molecule has 0 unspecified atom stereocenters. The van der Waals surface area contributed by atoms with Crippen LogP contribution in [-0.2, 0) is 4.74 Å². The summed E-state index contributed by atoms with van der Waals surface area (Å²) < 4.78 is 7.08. The molecule has 3 aromatic rings. The molecule has 1 saturated heterocycles. The van der Waals surface area contributed by atoms with Crippen LogP contribution in [0.15, 0.2) is 36.7 Å². The Hall–Kier alpha value is -2.79. The molecule has 0 amide bonds. The van der Waals surface area contributed by atoms with Gasteiger partial charge in [0.15, 0.2) is 17.7 Å². The number of benzene rings is 1. The average molecular weight is 400 g/mol. The lowest BCUT2D eigenvalue weighted by Gasteiger charge is -2.19. The van der Waals surface area contributed by atoms with Crippen LogP contribution in [0.3, 0.4) is 0 Å². The Morgan fingerprint density at radius 2 is 1.97 bits per heavy atom. The highest BCUT2D eigenvalue weighted by molar-refractivity contribution is 5.83. The van der Waals surface area contributed by atoms with Gasteiger partial charge in [-0.2, -0.15) is 9.97 Å². The van der Waals surface area contributed by atoms with Crippen LogP contribution in [0.5, 0.6) is 0 Å². The van der Waals surface area contributed by atoms with Gasteiger partial charge in [0.2, 0.25) is 5.95 Å². The molecule has 154 valence electrons. The number of ether oxygens (including phenoxy) is 1. The van der Waals surface area contributed by atoms with Gasteiger partial charge in [0, 0.05) is 0 Å². The number of aliphatic hydroxyl groups excluding tert-OH is 3. The summed E-state index contributed by atoms with van der Waals surface area (Å²) in [6, 6.07) is 9.91. The first-order valence-corrected chi connectivity index (χ1v) is 9.47. The fourth-order valence-electron chi connectivity index (χ4n) is 3.56. The number of imidazole rings is 1. The normalized spacial score (nSPS) is 25.4. The van der Waals surface area contributed by atoms with Gasteiger partial charge in [-0.25, -0.2) is 4.98 Å². The molecule has 10 heteroatoms. The molecule has 0 saturated carbocycles. The monoisotopic (exact) mass is 400 g/mol. The summed E-state index contributed by atoms with van der Waals surface area (Å²) in [4.78, 5) is 13.1. The first kappa shape index (κ1) is 19.5. The van der Waals surface area contributed by atoms with E-state index >= 15 is 0 Å². The first-order valence-electron chi connectivity index (χ1n) is 9.47. The number of hydrogen-bond acceptors (Lipinski definition) is 9. The van der Waals surface area contributed by atoms with Crippen molar-refractivity contribution < 1.29 is 20.1 Å². The minimum atomic E-state index is -1.25. The molecule has 1 aliphatic rings. The van der Waals surface area contributed by atoms with Crippen LogP contribution in [0.2, 0.25) is 0 Å². The number of nitrogen functional groups attached to an aromatic ring is 1. The smallest absolute Gasteiger partial charge is 0.227 e. The minimum absolute atomic E-state index is 0.0154. The predicted molar refractivity (Wildman–Crippen MR) is 106 cm³/mol. The average Bonchev–Trinajstić information content (AvgIpc) is 3.28. The van der Waals surface area contributed by atoms with Crippen LogP contribution in [0.25, 0.3) is 11.2 Å². The lowest BCUT2D eigenvalue weighted by molar-refractivity contribution is -0.0511. The van der Waals surface area contributed by atoms with Gasteiger partial charge in [-0.1, -0.05) is 37.3 Å². The molecule has 0 aliphatic carbocycles. The van der Waals surface area contributed by atoms with E-state index in [-0.39, 0.29) is 11.9 Å². The van der Waals surface area contributed by atoms with Crippen molar-refractivity contribution in [2.24, 2.45) is 0 Å². The van der Waals surface area contributed by atoms with E-state index in [1.54, 1.807) is 0 Å². The van der Waals surface area contributed by atoms with Crippen molar-refractivity contribution in [3.8, 4) is 0 Å². The highest BCUT2D eigenvalue weighted by Gasteiger charge is 2.44. The Morgan fingerprint density at radius 1 is 1.21 bits per heavy atom. The molecule has 2 aromatic heterocycles. The molecule has 0 bridgehead atoms. The second-order valence-corrected chi connectivity index (χ2v) is 7.00. The third kappa shape index (κ3) is 3.51. The van der Waals surface area contributed by atoms with Crippen molar-refractivity contribution in [3.05, 3.63) is 42.2 Å². The molecule has 5 atom stereocenters. The van der Waals surface area contributed by atoms with Gasteiger partial charge in [0.1, 0.15) is 23.8 Å². The number of nitrogens with two attached hydrogens (primary N) is 1. The fraction of sp³-hybridized carbons (Fsp3) is 0.421. The summed E-state index contributed by atoms with van der Waals surface area (Å²) in [6.07, 6.45) is -2.09. The first-order chi connectivity index (χ1) is 14.0.